The van der Waals surface area contributed by atoms with Gasteiger partial charge in [-0.15, -0.1) is 0 Å². The van der Waals surface area contributed by atoms with E-state index < -0.39 is 28.5 Å². The van der Waals surface area contributed by atoms with Gasteiger partial charge in [0, 0.05) is 19.0 Å². The summed E-state index contributed by atoms with van der Waals surface area (Å²) in [5, 5.41) is 3.60. The third kappa shape index (κ3) is 9.21. The van der Waals surface area contributed by atoms with Gasteiger partial charge in [0.15, 0.2) is 0 Å². The van der Waals surface area contributed by atoms with E-state index in [2.05, 4.69) is 26.1 Å². The average molecular weight is 633 g/mol. The molecular formula is C32H39Cl2N3O4S. The van der Waals surface area contributed by atoms with Crippen LogP contribution in [0.2, 0.25) is 10.0 Å². The predicted octanol–water partition coefficient (Wildman–Crippen LogP) is 6.22. The van der Waals surface area contributed by atoms with Crippen LogP contribution in [-0.4, -0.2) is 50.0 Å². The first-order chi connectivity index (χ1) is 19.6. The second-order valence-corrected chi connectivity index (χ2v) is 14.4. The number of carbonyl (C=O) groups is 2. The topological polar surface area (TPSA) is 86.8 Å². The summed E-state index contributed by atoms with van der Waals surface area (Å²) >= 11 is 12.4. The number of sulfonamides is 1. The number of anilines is 1. The lowest BCUT2D eigenvalue weighted by Gasteiger charge is -2.34. The van der Waals surface area contributed by atoms with E-state index in [1.54, 1.807) is 30.3 Å². The molecule has 2 amide bonds. The number of hydrogen-bond acceptors (Lipinski definition) is 4. The number of benzene rings is 3. The molecule has 3 rings (SSSR count). The van der Waals surface area contributed by atoms with Crippen molar-refractivity contribution in [3.8, 4) is 0 Å². The molecule has 0 saturated carbocycles. The smallest absolute Gasteiger partial charge is 0.244 e. The van der Waals surface area contributed by atoms with Crippen molar-refractivity contribution in [2.24, 2.45) is 0 Å². The van der Waals surface area contributed by atoms with Crippen LogP contribution in [0.4, 0.5) is 5.69 Å². The van der Waals surface area contributed by atoms with Crippen LogP contribution in [0.1, 0.15) is 51.3 Å². The lowest BCUT2D eigenvalue weighted by Crippen LogP contribution is -2.54. The Morgan fingerprint density at radius 3 is 2.02 bits per heavy atom. The molecule has 10 heteroatoms. The van der Waals surface area contributed by atoms with E-state index in [1.807, 2.05) is 56.3 Å². The average Bonchev–Trinajstić information content (AvgIpc) is 2.90. The molecule has 3 aromatic rings. The molecular weight excluding hydrogens is 593 g/mol. The summed E-state index contributed by atoms with van der Waals surface area (Å²) in [5.41, 5.74) is 2.76. The minimum absolute atomic E-state index is 0.0132. The normalized spacial score (nSPS) is 12.6. The third-order valence-corrected chi connectivity index (χ3v) is 8.62. The van der Waals surface area contributed by atoms with E-state index in [1.165, 1.54) is 4.90 Å². The van der Waals surface area contributed by atoms with Crippen molar-refractivity contribution >= 4 is 50.7 Å². The van der Waals surface area contributed by atoms with Crippen molar-refractivity contribution in [3.05, 3.63) is 99.5 Å². The highest BCUT2D eigenvalue weighted by Crippen LogP contribution is 2.27. The van der Waals surface area contributed by atoms with Gasteiger partial charge in [-0.3, -0.25) is 13.9 Å². The van der Waals surface area contributed by atoms with Crippen LogP contribution in [0.3, 0.4) is 0 Å². The fourth-order valence-corrected chi connectivity index (χ4v) is 5.68. The second-order valence-electron chi connectivity index (χ2n) is 11.7. The van der Waals surface area contributed by atoms with Crippen molar-refractivity contribution in [3.63, 3.8) is 0 Å². The molecule has 0 spiro atoms. The summed E-state index contributed by atoms with van der Waals surface area (Å²) in [4.78, 5) is 29.2. The third-order valence-electron chi connectivity index (χ3n) is 6.74. The highest BCUT2D eigenvalue weighted by atomic mass is 35.5. The van der Waals surface area contributed by atoms with Crippen LogP contribution in [0.5, 0.6) is 0 Å². The molecule has 0 saturated heterocycles. The molecule has 7 nitrogen and oxygen atoms in total. The van der Waals surface area contributed by atoms with Crippen LogP contribution >= 0.6 is 23.2 Å². The van der Waals surface area contributed by atoms with Crippen LogP contribution in [0.25, 0.3) is 0 Å². The molecule has 0 aliphatic carbocycles. The number of rotatable bonds is 11. The first kappa shape index (κ1) is 33.4. The number of hydrogen-bond donors (Lipinski definition) is 1. The largest absolute Gasteiger partial charge is 0.352 e. The van der Waals surface area contributed by atoms with Crippen molar-refractivity contribution in [2.75, 3.05) is 17.1 Å². The van der Waals surface area contributed by atoms with Crippen LogP contribution in [0.15, 0.2) is 72.8 Å². The molecule has 1 atom stereocenters. The Labute approximate surface area is 259 Å². The Kier molecular flexibility index (Phi) is 11.1. The number of nitrogens with one attached hydrogen (secondary N) is 1. The quantitative estimate of drug-likeness (QED) is 0.272. The van der Waals surface area contributed by atoms with Gasteiger partial charge in [-0.25, -0.2) is 8.42 Å². The first-order valence-corrected chi connectivity index (χ1v) is 16.3. The Morgan fingerprint density at radius 2 is 1.50 bits per heavy atom. The zero-order chi connectivity index (χ0) is 31.2. The number of halogens is 2. The van der Waals surface area contributed by atoms with Crippen LogP contribution in [0, 0.1) is 0 Å². The SMILES string of the molecule is CC(C)NC(=O)[C@@H](Cc1ccccc1)N(Cc1ccc(Cl)c(Cl)c1)C(=O)CN(c1ccc(C(C)(C)C)cc1)S(C)(=O)=O. The van der Waals surface area contributed by atoms with Gasteiger partial charge < -0.3 is 10.2 Å². The first-order valence-electron chi connectivity index (χ1n) is 13.7. The Bertz CT molecular complexity index is 1490. The van der Waals surface area contributed by atoms with Gasteiger partial charge in [0.2, 0.25) is 21.8 Å². The molecule has 0 aromatic heterocycles. The van der Waals surface area contributed by atoms with E-state index in [0.717, 1.165) is 21.7 Å². The molecule has 226 valence electrons. The van der Waals surface area contributed by atoms with Crippen molar-refractivity contribution in [2.45, 2.75) is 65.1 Å². The summed E-state index contributed by atoms with van der Waals surface area (Å²) in [7, 11) is -3.86. The maximum absolute atomic E-state index is 14.2. The number of amides is 2. The lowest BCUT2D eigenvalue weighted by atomic mass is 9.87. The highest BCUT2D eigenvalue weighted by Gasteiger charge is 2.33. The number of carbonyl (C=O) groups excluding carboxylic acids is 2. The maximum Gasteiger partial charge on any atom is 0.244 e. The fourth-order valence-electron chi connectivity index (χ4n) is 4.51. The van der Waals surface area contributed by atoms with Gasteiger partial charge in [-0.05, 0) is 60.2 Å². The number of nitrogens with zero attached hydrogens (tertiary/aromatic N) is 2. The van der Waals surface area contributed by atoms with E-state index in [-0.39, 0.29) is 30.3 Å². The van der Waals surface area contributed by atoms with E-state index >= 15 is 0 Å². The predicted molar refractivity (Wildman–Crippen MR) is 172 cm³/mol. The summed E-state index contributed by atoms with van der Waals surface area (Å²) in [5.74, 6) is -0.881. The minimum atomic E-state index is -3.86. The fraction of sp³-hybridized carbons (Fsp3) is 0.375. The van der Waals surface area contributed by atoms with Crippen molar-refractivity contribution in [1.82, 2.24) is 10.2 Å². The summed E-state index contributed by atoms with van der Waals surface area (Å²) in [6.45, 7) is 9.40. The summed E-state index contributed by atoms with van der Waals surface area (Å²) in [6.07, 6.45) is 1.29. The van der Waals surface area contributed by atoms with Crippen LogP contribution in [-0.2, 0) is 38.0 Å². The minimum Gasteiger partial charge on any atom is -0.352 e. The monoisotopic (exact) mass is 631 g/mol. The maximum atomic E-state index is 14.2. The summed E-state index contributed by atoms with van der Waals surface area (Å²) < 4.78 is 27.1. The van der Waals surface area contributed by atoms with Gasteiger partial charge in [0.05, 0.1) is 22.0 Å². The van der Waals surface area contributed by atoms with E-state index in [0.29, 0.717) is 21.3 Å². The highest BCUT2D eigenvalue weighted by molar-refractivity contribution is 7.92. The van der Waals surface area contributed by atoms with Crippen molar-refractivity contribution in [1.29, 1.82) is 0 Å². The summed E-state index contributed by atoms with van der Waals surface area (Å²) in [6, 6.07) is 20.4. The Morgan fingerprint density at radius 1 is 0.881 bits per heavy atom. The Hall–Kier alpha value is -3.07. The molecule has 0 bridgehead atoms. The van der Waals surface area contributed by atoms with Crippen molar-refractivity contribution < 1.29 is 18.0 Å². The molecule has 0 unspecified atom stereocenters. The van der Waals surface area contributed by atoms with Gasteiger partial charge in [-0.1, -0.05) is 92.5 Å². The second kappa shape index (κ2) is 13.9. The van der Waals surface area contributed by atoms with Gasteiger partial charge in [0.1, 0.15) is 12.6 Å². The van der Waals surface area contributed by atoms with E-state index in [9.17, 15) is 18.0 Å². The standard InChI is InChI=1S/C32H39Cl2N3O4S/c1-22(2)35-31(39)29(19-23-10-8-7-9-11-23)36(20-24-12-17-27(33)28(34)18-24)30(38)21-37(42(6,40)41)26-15-13-25(14-16-26)32(3,4)5/h7-18,22,29H,19-21H2,1-6H3,(H,35,39)/t29-/m1/s1. The van der Waals surface area contributed by atoms with Gasteiger partial charge in [0.25, 0.3) is 0 Å². The molecule has 1 N–H and O–H groups in total. The molecule has 0 fully saturated rings. The Balaban J connectivity index is 2.07. The van der Waals surface area contributed by atoms with Gasteiger partial charge in [-0.2, -0.15) is 0 Å². The van der Waals surface area contributed by atoms with Crippen LogP contribution < -0.4 is 9.62 Å². The molecule has 0 aliphatic heterocycles. The molecule has 0 aliphatic rings. The molecule has 3 aromatic carbocycles. The molecule has 0 radical (unpaired) electrons. The molecule has 0 heterocycles. The zero-order valence-corrected chi connectivity index (χ0v) is 27.2. The van der Waals surface area contributed by atoms with Gasteiger partial charge >= 0.3 is 0 Å². The van der Waals surface area contributed by atoms with E-state index in [4.69, 9.17) is 23.2 Å². The lowest BCUT2D eigenvalue weighted by molar-refractivity contribution is -0.140. The zero-order valence-electron chi connectivity index (χ0n) is 24.9. The molecule has 42 heavy (non-hydrogen) atoms.